The molecule has 0 fully saturated rings. The normalized spacial score (nSPS) is 12.0. The Bertz CT molecular complexity index is 459. The van der Waals surface area contributed by atoms with Gasteiger partial charge in [-0.05, 0) is 26.7 Å². The van der Waals surface area contributed by atoms with Gasteiger partial charge in [-0.1, -0.05) is 106 Å². The summed E-state index contributed by atoms with van der Waals surface area (Å²) in [5, 5.41) is 1.61. The Morgan fingerprint density at radius 2 is 1.21 bits per heavy atom. The van der Waals surface area contributed by atoms with Gasteiger partial charge < -0.3 is 9.47 Å². The molecule has 0 radical (unpaired) electrons. The number of unbranched alkanes of at least 4 members (excludes halogenated alkanes) is 8. The minimum absolute atomic E-state index is 0.336. The van der Waals surface area contributed by atoms with Crippen LogP contribution in [0.2, 0.25) is 19.1 Å². The van der Waals surface area contributed by atoms with Gasteiger partial charge in [-0.25, -0.2) is 0 Å². The molecule has 0 aromatic heterocycles. The van der Waals surface area contributed by atoms with Crippen LogP contribution in [-0.4, -0.2) is 34.0 Å². The highest BCUT2D eigenvalue weighted by Gasteiger charge is 2.21. The van der Waals surface area contributed by atoms with Crippen molar-refractivity contribution in [2.45, 2.75) is 103 Å². The smallest absolute Gasteiger partial charge is 0.0806 e. The Morgan fingerprint density at radius 1 is 0.679 bits per heavy atom. The van der Waals surface area contributed by atoms with Gasteiger partial charge in [-0.3, -0.25) is 0 Å². The molecule has 0 unspecified atom stereocenters. The first kappa shape index (κ1) is 25.4. The number of hydrogen-bond acceptors (Lipinski definition) is 2. The van der Waals surface area contributed by atoms with E-state index in [1.807, 2.05) is 0 Å². The Kier molecular flexibility index (Phi) is 14.7. The van der Waals surface area contributed by atoms with Gasteiger partial charge in [0.15, 0.2) is 0 Å². The van der Waals surface area contributed by atoms with Crippen molar-refractivity contribution in [1.29, 1.82) is 0 Å². The molecule has 0 aliphatic heterocycles. The number of rotatable bonds is 18. The van der Waals surface area contributed by atoms with Crippen LogP contribution < -0.4 is 5.19 Å². The molecule has 0 atom stereocenters. The maximum Gasteiger partial charge on any atom is 0.0806 e. The molecule has 1 rings (SSSR count). The molecule has 0 aliphatic carbocycles. The predicted molar refractivity (Wildman–Crippen MR) is 126 cm³/mol. The zero-order chi connectivity index (χ0) is 20.5. The molecule has 0 saturated heterocycles. The molecular weight excluding hydrogens is 360 g/mol. The van der Waals surface area contributed by atoms with Gasteiger partial charge in [-0.2, -0.15) is 0 Å². The molecule has 1 aromatic carbocycles. The van der Waals surface area contributed by atoms with Crippen molar-refractivity contribution in [2.75, 3.05) is 19.8 Å². The Hall–Kier alpha value is -0.643. The third-order valence-electron chi connectivity index (χ3n) is 5.53. The summed E-state index contributed by atoms with van der Waals surface area (Å²) in [6.07, 6.45) is 13.7. The van der Waals surface area contributed by atoms with E-state index < -0.39 is 8.07 Å². The average molecular weight is 407 g/mol. The van der Waals surface area contributed by atoms with E-state index in [2.05, 4.69) is 57.3 Å². The van der Waals surface area contributed by atoms with Crippen molar-refractivity contribution in [3.63, 3.8) is 0 Å². The lowest BCUT2D eigenvalue weighted by atomic mass is 10.1. The molecule has 162 valence electrons. The van der Waals surface area contributed by atoms with Gasteiger partial charge in [0.2, 0.25) is 0 Å². The van der Waals surface area contributed by atoms with Crippen LogP contribution in [-0.2, 0) is 9.47 Å². The quantitative estimate of drug-likeness (QED) is 0.194. The van der Waals surface area contributed by atoms with E-state index in [9.17, 15) is 0 Å². The van der Waals surface area contributed by atoms with Crippen LogP contribution in [0.25, 0.3) is 0 Å². The van der Waals surface area contributed by atoms with Crippen molar-refractivity contribution >= 4 is 13.3 Å². The molecule has 2 nitrogen and oxygen atoms in total. The van der Waals surface area contributed by atoms with Gasteiger partial charge in [0.25, 0.3) is 0 Å². The summed E-state index contributed by atoms with van der Waals surface area (Å²) in [5.74, 6) is 0. The molecule has 1 aromatic rings. The Balaban J connectivity index is 1.82. The van der Waals surface area contributed by atoms with Crippen molar-refractivity contribution < 1.29 is 9.47 Å². The summed E-state index contributed by atoms with van der Waals surface area (Å²) in [6, 6.07) is 12.6. The topological polar surface area (TPSA) is 18.5 Å². The monoisotopic (exact) mass is 406 g/mol. The van der Waals surface area contributed by atoms with Crippen LogP contribution in [0.4, 0.5) is 0 Å². The maximum atomic E-state index is 5.67. The summed E-state index contributed by atoms with van der Waals surface area (Å²) in [6.45, 7) is 11.8. The lowest BCUT2D eigenvalue weighted by molar-refractivity contribution is 0.0507. The fraction of sp³-hybridized carbons (Fsp3) is 0.760. The second-order valence-corrected chi connectivity index (χ2v) is 13.9. The van der Waals surface area contributed by atoms with Crippen LogP contribution in [0.1, 0.15) is 78.1 Å². The second kappa shape index (κ2) is 16.2. The van der Waals surface area contributed by atoms with Crippen molar-refractivity contribution in [3.05, 3.63) is 30.3 Å². The molecule has 0 bridgehead atoms. The highest BCUT2D eigenvalue weighted by atomic mass is 28.3. The van der Waals surface area contributed by atoms with Crippen LogP contribution in [0.15, 0.2) is 30.3 Å². The second-order valence-electron chi connectivity index (χ2n) is 9.07. The molecule has 28 heavy (non-hydrogen) atoms. The largest absolute Gasteiger partial charge is 0.381 e. The van der Waals surface area contributed by atoms with Gasteiger partial charge in [0.05, 0.1) is 14.2 Å². The molecule has 0 saturated carbocycles. The fourth-order valence-electron chi connectivity index (χ4n) is 3.62. The highest BCUT2D eigenvalue weighted by molar-refractivity contribution is 6.89. The fourth-order valence-corrected chi connectivity index (χ4v) is 6.14. The van der Waals surface area contributed by atoms with Crippen LogP contribution >= 0.6 is 0 Å². The Labute approximate surface area is 176 Å². The first-order chi connectivity index (χ1) is 13.5. The molecule has 0 amide bonds. The summed E-state index contributed by atoms with van der Waals surface area (Å²) in [5.41, 5.74) is 0. The SMILES string of the molecule is CC(C)OCCCOCCCCCCCCCCC[Si](C)(C)c1ccccc1. The van der Waals surface area contributed by atoms with E-state index in [0.29, 0.717) is 6.10 Å². The van der Waals surface area contributed by atoms with Gasteiger partial charge in [0.1, 0.15) is 0 Å². The van der Waals surface area contributed by atoms with Crippen molar-refractivity contribution in [3.8, 4) is 0 Å². The molecule has 0 heterocycles. The summed E-state index contributed by atoms with van der Waals surface area (Å²) in [4.78, 5) is 0. The Morgan fingerprint density at radius 3 is 1.82 bits per heavy atom. The number of hydrogen-bond donors (Lipinski definition) is 0. The minimum Gasteiger partial charge on any atom is -0.381 e. The lowest BCUT2D eigenvalue weighted by Crippen LogP contribution is -2.40. The number of benzene rings is 1. The van der Waals surface area contributed by atoms with Crippen LogP contribution in [0.3, 0.4) is 0 Å². The standard InChI is InChI=1S/C25H46O2Si/c1-24(2)27-22-17-21-26-20-15-10-8-6-5-7-9-11-16-23-28(3,4)25-18-13-12-14-19-25/h12-14,18-19,24H,5-11,15-17,20-23H2,1-4H3. The van der Waals surface area contributed by atoms with E-state index in [1.165, 1.54) is 63.8 Å². The predicted octanol–water partition coefficient (Wildman–Crippen LogP) is 6.94. The molecule has 0 spiro atoms. The highest BCUT2D eigenvalue weighted by Crippen LogP contribution is 2.17. The number of ether oxygens (including phenoxy) is 2. The van der Waals surface area contributed by atoms with E-state index in [4.69, 9.17) is 9.47 Å². The molecular formula is C25H46O2Si. The molecule has 3 heteroatoms. The molecule has 0 N–H and O–H groups in total. The summed E-state index contributed by atoms with van der Waals surface area (Å²) >= 11 is 0. The van der Waals surface area contributed by atoms with Crippen LogP contribution in [0.5, 0.6) is 0 Å². The maximum absolute atomic E-state index is 5.67. The third-order valence-corrected chi connectivity index (χ3v) is 9.03. The van der Waals surface area contributed by atoms with E-state index in [-0.39, 0.29) is 0 Å². The van der Waals surface area contributed by atoms with Crippen LogP contribution in [0, 0.1) is 0 Å². The lowest BCUT2D eigenvalue weighted by Gasteiger charge is -2.22. The van der Waals surface area contributed by atoms with Gasteiger partial charge in [-0.15, -0.1) is 0 Å². The van der Waals surface area contributed by atoms with Crippen molar-refractivity contribution in [1.82, 2.24) is 0 Å². The first-order valence-corrected chi connectivity index (χ1v) is 15.0. The van der Waals surface area contributed by atoms with E-state index >= 15 is 0 Å². The van der Waals surface area contributed by atoms with Crippen molar-refractivity contribution in [2.24, 2.45) is 0 Å². The average Bonchev–Trinajstić information content (AvgIpc) is 2.68. The zero-order valence-electron chi connectivity index (χ0n) is 19.2. The minimum atomic E-state index is -1.21. The summed E-state index contributed by atoms with van der Waals surface area (Å²) in [7, 11) is -1.21. The van der Waals surface area contributed by atoms with E-state index in [1.54, 1.807) is 5.19 Å². The zero-order valence-corrected chi connectivity index (χ0v) is 20.2. The van der Waals surface area contributed by atoms with Gasteiger partial charge in [0, 0.05) is 19.8 Å². The third kappa shape index (κ3) is 13.5. The van der Waals surface area contributed by atoms with Gasteiger partial charge >= 0.3 is 0 Å². The van der Waals surface area contributed by atoms with E-state index in [0.717, 1.165) is 26.2 Å². The first-order valence-electron chi connectivity index (χ1n) is 11.8. The summed E-state index contributed by atoms with van der Waals surface area (Å²) < 4.78 is 11.2. The molecule has 0 aliphatic rings.